The predicted octanol–water partition coefficient (Wildman–Crippen LogP) is 1.57. The molecule has 0 bridgehead atoms. The van der Waals surface area contributed by atoms with E-state index in [1.54, 1.807) is 25.3 Å². The summed E-state index contributed by atoms with van der Waals surface area (Å²) in [6.45, 7) is 2.69. The zero-order valence-corrected chi connectivity index (χ0v) is 11.3. The van der Waals surface area contributed by atoms with Gasteiger partial charge in [-0.05, 0) is 38.0 Å². The molecule has 19 heavy (non-hydrogen) atoms. The second kappa shape index (κ2) is 5.93. The van der Waals surface area contributed by atoms with E-state index in [0.717, 1.165) is 12.8 Å². The van der Waals surface area contributed by atoms with E-state index in [9.17, 15) is 4.79 Å². The molecule has 1 aliphatic rings. The molecule has 0 aliphatic heterocycles. The highest BCUT2D eigenvalue weighted by molar-refractivity contribution is 5.99. The predicted molar refractivity (Wildman–Crippen MR) is 73.3 cm³/mol. The number of benzene rings is 1. The SMILES string of the molecule is CCOC1CC(NC(=O)c2cc(OC)ccc2N)C1. The molecule has 0 saturated heterocycles. The molecule has 5 nitrogen and oxygen atoms in total. The molecule has 0 unspecified atom stereocenters. The van der Waals surface area contributed by atoms with Crippen molar-refractivity contribution in [1.82, 2.24) is 5.32 Å². The van der Waals surface area contributed by atoms with Gasteiger partial charge in [0, 0.05) is 18.3 Å². The molecule has 0 spiro atoms. The third-order valence-corrected chi connectivity index (χ3v) is 3.34. The summed E-state index contributed by atoms with van der Waals surface area (Å²) in [4.78, 5) is 12.1. The number of rotatable bonds is 5. The van der Waals surface area contributed by atoms with Gasteiger partial charge in [0.2, 0.25) is 0 Å². The highest BCUT2D eigenvalue weighted by Gasteiger charge is 2.31. The van der Waals surface area contributed by atoms with Gasteiger partial charge in [0.15, 0.2) is 0 Å². The second-order valence-electron chi connectivity index (χ2n) is 4.67. The Labute approximate surface area is 113 Å². The van der Waals surface area contributed by atoms with Crippen LogP contribution < -0.4 is 15.8 Å². The maximum absolute atomic E-state index is 12.1. The number of carbonyl (C=O) groups excluding carboxylic acids is 1. The molecule has 0 aromatic heterocycles. The van der Waals surface area contributed by atoms with Crippen LogP contribution in [-0.2, 0) is 4.74 Å². The standard InChI is InChI=1S/C14H20N2O3/c1-3-19-11-6-9(7-11)16-14(17)12-8-10(18-2)4-5-13(12)15/h4-5,8-9,11H,3,6-7,15H2,1-2H3,(H,16,17). The number of nitrogens with one attached hydrogen (secondary N) is 1. The molecule has 0 atom stereocenters. The van der Waals surface area contributed by atoms with E-state index < -0.39 is 0 Å². The van der Waals surface area contributed by atoms with Crippen LogP contribution in [0.3, 0.4) is 0 Å². The van der Waals surface area contributed by atoms with Crippen LogP contribution in [-0.4, -0.2) is 31.8 Å². The van der Waals surface area contributed by atoms with E-state index in [-0.39, 0.29) is 18.1 Å². The summed E-state index contributed by atoms with van der Waals surface area (Å²) in [5, 5.41) is 2.96. The number of ether oxygens (including phenoxy) is 2. The number of nitrogens with two attached hydrogens (primary N) is 1. The van der Waals surface area contributed by atoms with E-state index >= 15 is 0 Å². The van der Waals surface area contributed by atoms with Gasteiger partial charge in [-0.3, -0.25) is 4.79 Å². The summed E-state index contributed by atoms with van der Waals surface area (Å²) in [6, 6.07) is 5.25. The zero-order valence-electron chi connectivity index (χ0n) is 11.3. The van der Waals surface area contributed by atoms with Crippen molar-refractivity contribution in [2.75, 3.05) is 19.5 Å². The van der Waals surface area contributed by atoms with Crippen LogP contribution >= 0.6 is 0 Å². The molecular weight excluding hydrogens is 244 g/mol. The highest BCUT2D eigenvalue weighted by Crippen LogP contribution is 2.25. The van der Waals surface area contributed by atoms with Gasteiger partial charge in [-0.1, -0.05) is 0 Å². The van der Waals surface area contributed by atoms with Crippen molar-refractivity contribution in [1.29, 1.82) is 0 Å². The van der Waals surface area contributed by atoms with Crippen LogP contribution in [0.1, 0.15) is 30.1 Å². The fraction of sp³-hybridized carbons (Fsp3) is 0.500. The average Bonchev–Trinajstić information content (AvgIpc) is 2.36. The van der Waals surface area contributed by atoms with E-state index in [1.165, 1.54) is 0 Å². The Hall–Kier alpha value is -1.75. The maximum Gasteiger partial charge on any atom is 0.253 e. The minimum absolute atomic E-state index is 0.156. The summed E-state index contributed by atoms with van der Waals surface area (Å²) in [5.41, 5.74) is 6.73. The Balaban J connectivity index is 1.94. The molecule has 0 radical (unpaired) electrons. The number of carbonyl (C=O) groups is 1. The van der Waals surface area contributed by atoms with Crippen LogP contribution in [0.2, 0.25) is 0 Å². The van der Waals surface area contributed by atoms with Gasteiger partial charge in [0.25, 0.3) is 5.91 Å². The van der Waals surface area contributed by atoms with E-state index in [2.05, 4.69) is 5.32 Å². The van der Waals surface area contributed by atoms with Crippen LogP contribution in [0.4, 0.5) is 5.69 Å². The minimum Gasteiger partial charge on any atom is -0.497 e. The molecular formula is C14H20N2O3. The Morgan fingerprint density at radius 3 is 2.84 bits per heavy atom. The molecule has 1 amide bonds. The Kier molecular flexibility index (Phi) is 4.27. The number of amides is 1. The quantitative estimate of drug-likeness (QED) is 0.792. The van der Waals surface area contributed by atoms with E-state index in [4.69, 9.17) is 15.2 Å². The normalized spacial score (nSPS) is 21.6. The minimum atomic E-state index is -0.156. The molecule has 1 fully saturated rings. The van der Waals surface area contributed by atoms with E-state index in [1.807, 2.05) is 6.92 Å². The Morgan fingerprint density at radius 1 is 1.47 bits per heavy atom. The number of anilines is 1. The smallest absolute Gasteiger partial charge is 0.253 e. The highest BCUT2D eigenvalue weighted by atomic mass is 16.5. The van der Waals surface area contributed by atoms with Gasteiger partial charge >= 0.3 is 0 Å². The summed E-state index contributed by atoms with van der Waals surface area (Å²) < 4.78 is 10.6. The van der Waals surface area contributed by atoms with Crippen molar-refractivity contribution in [3.63, 3.8) is 0 Å². The maximum atomic E-state index is 12.1. The third-order valence-electron chi connectivity index (χ3n) is 3.34. The molecule has 5 heteroatoms. The van der Waals surface area contributed by atoms with Gasteiger partial charge in [-0.15, -0.1) is 0 Å². The number of nitrogen functional groups attached to an aromatic ring is 1. The third kappa shape index (κ3) is 3.17. The first-order chi connectivity index (χ1) is 9.13. The average molecular weight is 264 g/mol. The van der Waals surface area contributed by atoms with Crippen LogP contribution in [0.5, 0.6) is 5.75 Å². The van der Waals surface area contributed by atoms with Crippen LogP contribution in [0.25, 0.3) is 0 Å². The van der Waals surface area contributed by atoms with Crippen LogP contribution in [0, 0.1) is 0 Å². The fourth-order valence-electron chi connectivity index (χ4n) is 2.18. The first-order valence-electron chi connectivity index (χ1n) is 6.50. The van der Waals surface area contributed by atoms with Gasteiger partial charge in [-0.2, -0.15) is 0 Å². The molecule has 3 N–H and O–H groups in total. The van der Waals surface area contributed by atoms with Gasteiger partial charge < -0.3 is 20.5 Å². The zero-order chi connectivity index (χ0) is 13.8. The Morgan fingerprint density at radius 2 is 2.21 bits per heavy atom. The van der Waals surface area contributed by atoms with Gasteiger partial charge in [0.05, 0.1) is 18.8 Å². The topological polar surface area (TPSA) is 73.6 Å². The molecule has 1 aromatic rings. The van der Waals surface area contributed by atoms with Crippen LogP contribution in [0.15, 0.2) is 18.2 Å². The lowest BCUT2D eigenvalue weighted by Gasteiger charge is -2.35. The molecule has 1 aromatic carbocycles. The molecule has 1 saturated carbocycles. The molecule has 0 heterocycles. The van der Waals surface area contributed by atoms with Crippen molar-refractivity contribution < 1.29 is 14.3 Å². The number of hydrogen-bond acceptors (Lipinski definition) is 4. The largest absolute Gasteiger partial charge is 0.497 e. The van der Waals surface area contributed by atoms with Crippen molar-refractivity contribution in [2.45, 2.75) is 31.9 Å². The first-order valence-corrected chi connectivity index (χ1v) is 6.50. The second-order valence-corrected chi connectivity index (χ2v) is 4.67. The van der Waals surface area contributed by atoms with E-state index in [0.29, 0.717) is 23.6 Å². The fourth-order valence-corrected chi connectivity index (χ4v) is 2.18. The van der Waals surface area contributed by atoms with Gasteiger partial charge in [0.1, 0.15) is 5.75 Å². The first kappa shape index (κ1) is 13.7. The Bertz CT molecular complexity index is 456. The monoisotopic (exact) mass is 264 g/mol. The van der Waals surface area contributed by atoms with Crippen molar-refractivity contribution in [2.24, 2.45) is 0 Å². The van der Waals surface area contributed by atoms with Gasteiger partial charge in [-0.25, -0.2) is 0 Å². The summed E-state index contributed by atoms with van der Waals surface area (Å²) in [6.07, 6.45) is 2.00. The van der Waals surface area contributed by atoms with Crippen molar-refractivity contribution in [3.8, 4) is 5.75 Å². The van der Waals surface area contributed by atoms with Crippen molar-refractivity contribution in [3.05, 3.63) is 23.8 Å². The summed E-state index contributed by atoms with van der Waals surface area (Å²) >= 11 is 0. The molecule has 2 rings (SSSR count). The summed E-state index contributed by atoms with van der Waals surface area (Å²) in [7, 11) is 1.56. The lowest BCUT2D eigenvalue weighted by atomic mass is 9.89. The number of hydrogen-bond donors (Lipinski definition) is 2. The van der Waals surface area contributed by atoms with Crippen molar-refractivity contribution >= 4 is 11.6 Å². The molecule has 1 aliphatic carbocycles. The summed E-state index contributed by atoms with van der Waals surface area (Å²) in [5.74, 6) is 0.469. The number of methoxy groups -OCH3 is 1. The lowest BCUT2D eigenvalue weighted by Crippen LogP contribution is -2.47. The lowest BCUT2D eigenvalue weighted by molar-refractivity contribution is -0.00861. The molecule has 104 valence electrons.